The van der Waals surface area contributed by atoms with Crippen LogP contribution in [0.1, 0.15) is 25.2 Å². The number of aliphatic imine (C=N–C) groups is 1. The van der Waals surface area contributed by atoms with E-state index >= 15 is 0 Å². The number of imidazole rings is 1. The van der Waals surface area contributed by atoms with Crippen molar-refractivity contribution in [1.29, 1.82) is 0 Å². The molecule has 7 nitrogen and oxygen atoms in total. The molecule has 2 N–H and O–H groups in total. The molecular formula is C25H33N5O2. The Labute approximate surface area is 190 Å². The highest BCUT2D eigenvalue weighted by Crippen LogP contribution is 2.26. The van der Waals surface area contributed by atoms with Gasteiger partial charge >= 0.3 is 0 Å². The lowest BCUT2D eigenvalue weighted by Crippen LogP contribution is -2.39. The molecule has 1 atom stereocenters. The normalized spacial score (nSPS) is 12.3. The predicted octanol–water partition coefficient (Wildman–Crippen LogP) is 3.51. The van der Waals surface area contributed by atoms with Gasteiger partial charge in [-0.15, -0.1) is 0 Å². The number of aromatic nitrogens is 2. The topological polar surface area (TPSA) is 72.7 Å². The molecule has 1 unspecified atom stereocenters. The van der Waals surface area contributed by atoms with E-state index in [1.54, 1.807) is 7.11 Å². The molecule has 0 amide bonds. The SMILES string of the molecule is CCNC(=NCC(C)Oc1ccccc1OC)NCCc1nccn1Cc1ccccc1. The van der Waals surface area contributed by atoms with Gasteiger partial charge < -0.3 is 24.7 Å². The zero-order valence-corrected chi connectivity index (χ0v) is 19.1. The number of nitrogens with zero attached hydrogens (tertiary/aromatic N) is 3. The molecular weight excluding hydrogens is 402 g/mol. The Hall–Kier alpha value is -3.48. The van der Waals surface area contributed by atoms with Crippen LogP contribution in [-0.4, -0.2) is 48.4 Å². The average molecular weight is 436 g/mol. The first-order valence-corrected chi connectivity index (χ1v) is 11.1. The zero-order chi connectivity index (χ0) is 22.6. The van der Waals surface area contributed by atoms with Gasteiger partial charge in [-0.1, -0.05) is 42.5 Å². The van der Waals surface area contributed by atoms with Crippen molar-refractivity contribution >= 4 is 5.96 Å². The third-order valence-corrected chi connectivity index (χ3v) is 4.89. The number of nitrogens with one attached hydrogen (secondary N) is 2. The lowest BCUT2D eigenvalue weighted by molar-refractivity contribution is 0.219. The number of ether oxygens (including phenoxy) is 2. The fourth-order valence-corrected chi connectivity index (χ4v) is 3.32. The van der Waals surface area contributed by atoms with E-state index in [0.29, 0.717) is 6.54 Å². The van der Waals surface area contributed by atoms with Crippen LogP contribution in [0.25, 0.3) is 0 Å². The summed E-state index contributed by atoms with van der Waals surface area (Å²) < 4.78 is 13.5. The number of rotatable bonds is 11. The second kappa shape index (κ2) is 12.4. The quantitative estimate of drug-likeness (QED) is 0.356. The van der Waals surface area contributed by atoms with Crippen LogP contribution in [0.3, 0.4) is 0 Å². The van der Waals surface area contributed by atoms with Crippen LogP contribution in [0.15, 0.2) is 72.0 Å². The molecule has 0 radical (unpaired) electrons. The molecule has 0 bridgehead atoms. The second-order valence-electron chi connectivity index (χ2n) is 7.43. The minimum atomic E-state index is -0.0912. The summed E-state index contributed by atoms with van der Waals surface area (Å²) >= 11 is 0. The first-order chi connectivity index (χ1) is 15.7. The summed E-state index contributed by atoms with van der Waals surface area (Å²) in [6, 6.07) is 18.1. The Bertz CT molecular complexity index is 971. The minimum Gasteiger partial charge on any atom is -0.493 e. The molecule has 0 saturated heterocycles. The van der Waals surface area contributed by atoms with Crippen LogP contribution in [0, 0.1) is 0 Å². The molecule has 0 saturated carbocycles. The van der Waals surface area contributed by atoms with Crippen LogP contribution in [0.2, 0.25) is 0 Å². The lowest BCUT2D eigenvalue weighted by Gasteiger charge is -2.17. The number of hydrogen-bond acceptors (Lipinski definition) is 4. The maximum absolute atomic E-state index is 6.00. The largest absolute Gasteiger partial charge is 0.493 e. The molecule has 3 aromatic rings. The van der Waals surface area contributed by atoms with Gasteiger partial charge in [-0.2, -0.15) is 0 Å². The van der Waals surface area contributed by atoms with E-state index in [4.69, 9.17) is 9.47 Å². The zero-order valence-electron chi connectivity index (χ0n) is 19.1. The number of hydrogen-bond donors (Lipinski definition) is 2. The van der Waals surface area contributed by atoms with Crippen LogP contribution < -0.4 is 20.1 Å². The van der Waals surface area contributed by atoms with Gasteiger partial charge in [0, 0.05) is 38.4 Å². The standard InChI is InChI=1S/C25H33N5O2/c1-4-26-25(29-18-20(2)32-23-13-9-8-12-22(23)31-3)28-15-14-24-27-16-17-30(24)19-21-10-6-5-7-11-21/h5-13,16-17,20H,4,14-15,18-19H2,1-3H3,(H2,26,28,29). The summed E-state index contributed by atoms with van der Waals surface area (Å²) in [6.45, 7) is 6.92. The van der Waals surface area contributed by atoms with Crippen molar-refractivity contribution in [1.82, 2.24) is 20.2 Å². The van der Waals surface area contributed by atoms with Gasteiger partial charge in [0.15, 0.2) is 17.5 Å². The summed E-state index contributed by atoms with van der Waals surface area (Å²) in [6.07, 6.45) is 4.59. The fraction of sp³-hybridized carbons (Fsp3) is 0.360. The average Bonchev–Trinajstić information content (AvgIpc) is 3.25. The van der Waals surface area contributed by atoms with Gasteiger partial charge in [0.05, 0.1) is 13.7 Å². The number of guanidine groups is 1. The number of para-hydroxylation sites is 2. The van der Waals surface area contributed by atoms with Crippen LogP contribution >= 0.6 is 0 Å². The lowest BCUT2D eigenvalue weighted by atomic mass is 10.2. The van der Waals surface area contributed by atoms with Gasteiger partial charge in [0.25, 0.3) is 0 Å². The highest BCUT2D eigenvalue weighted by atomic mass is 16.5. The second-order valence-corrected chi connectivity index (χ2v) is 7.43. The molecule has 7 heteroatoms. The first kappa shape index (κ1) is 23.2. The summed E-state index contributed by atoms with van der Waals surface area (Å²) in [5.74, 6) is 3.26. The fourth-order valence-electron chi connectivity index (χ4n) is 3.32. The molecule has 2 aromatic carbocycles. The molecule has 1 heterocycles. The Morgan fingerprint density at radius 2 is 1.81 bits per heavy atom. The van der Waals surface area contributed by atoms with Crippen molar-refractivity contribution < 1.29 is 9.47 Å². The molecule has 32 heavy (non-hydrogen) atoms. The van der Waals surface area contributed by atoms with Gasteiger partial charge in [-0.25, -0.2) is 9.98 Å². The Kier molecular flexibility index (Phi) is 8.98. The van der Waals surface area contributed by atoms with E-state index in [1.165, 1.54) is 5.56 Å². The summed E-state index contributed by atoms with van der Waals surface area (Å²) in [4.78, 5) is 9.20. The molecule has 0 aliphatic heterocycles. The summed E-state index contributed by atoms with van der Waals surface area (Å²) in [7, 11) is 1.64. The van der Waals surface area contributed by atoms with Crippen molar-refractivity contribution in [2.45, 2.75) is 32.9 Å². The van der Waals surface area contributed by atoms with E-state index in [0.717, 1.165) is 49.3 Å². The number of benzene rings is 2. The first-order valence-electron chi connectivity index (χ1n) is 11.1. The Balaban J connectivity index is 1.51. The third kappa shape index (κ3) is 7.04. The van der Waals surface area contributed by atoms with E-state index in [-0.39, 0.29) is 6.10 Å². The molecule has 0 aliphatic carbocycles. The van der Waals surface area contributed by atoms with E-state index in [9.17, 15) is 0 Å². The smallest absolute Gasteiger partial charge is 0.191 e. The predicted molar refractivity (Wildman–Crippen MR) is 129 cm³/mol. The van der Waals surface area contributed by atoms with E-state index in [2.05, 4.69) is 56.4 Å². The van der Waals surface area contributed by atoms with E-state index in [1.807, 2.05) is 49.6 Å². The maximum atomic E-state index is 6.00. The minimum absolute atomic E-state index is 0.0912. The number of methoxy groups -OCH3 is 1. The van der Waals surface area contributed by atoms with E-state index < -0.39 is 0 Å². The van der Waals surface area contributed by atoms with Crippen LogP contribution in [-0.2, 0) is 13.0 Å². The van der Waals surface area contributed by atoms with Crippen LogP contribution in [0.4, 0.5) is 0 Å². The van der Waals surface area contributed by atoms with Gasteiger partial charge in [0.1, 0.15) is 11.9 Å². The molecule has 0 spiro atoms. The monoisotopic (exact) mass is 435 g/mol. The molecule has 3 rings (SSSR count). The van der Waals surface area contributed by atoms with Crippen molar-refractivity contribution in [2.24, 2.45) is 4.99 Å². The highest BCUT2D eigenvalue weighted by molar-refractivity contribution is 5.79. The van der Waals surface area contributed by atoms with Gasteiger partial charge in [0.2, 0.25) is 0 Å². The molecule has 170 valence electrons. The Morgan fingerprint density at radius 1 is 1.06 bits per heavy atom. The maximum Gasteiger partial charge on any atom is 0.191 e. The van der Waals surface area contributed by atoms with Crippen molar-refractivity contribution in [3.05, 3.63) is 78.4 Å². The molecule has 1 aromatic heterocycles. The van der Waals surface area contributed by atoms with Crippen molar-refractivity contribution in [3.8, 4) is 11.5 Å². The van der Waals surface area contributed by atoms with Crippen molar-refractivity contribution in [2.75, 3.05) is 26.7 Å². The molecule has 0 fully saturated rings. The van der Waals surface area contributed by atoms with Crippen LogP contribution in [0.5, 0.6) is 11.5 Å². The van der Waals surface area contributed by atoms with Gasteiger partial charge in [-0.05, 0) is 31.5 Å². The molecule has 0 aliphatic rings. The van der Waals surface area contributed by atoms with Crippen molar-refractivity contribution in [3.63, 3.8) is 0 Å². The summed E-state index contributed by atoms with van der Waals surface area (Å²) in [5.41, 5.74) is 1.26. The Morgan fingerprint density at radius 3 is 2.56 bits per heavy atom. The summed E-state index contributed by atoms with van der Waals surface area (Å²) in [5, 5.41) is 6.69. The third-order valence-electron chi connectivity index (χ3n) is 4.89. The van der Waals surface area contributed by atoms with Gasteiger partial charge in [-0.3, -0.25) is 0 Å². The highest BCUT2D eigenvalue weighted by Gasteiger charge is 2.09.